The van der Waals surface area contributed by atoms with E-state index in [1.807, 2.05) is 42.5 Å². The Kier molecular flexibility index (Phi) is 4.78. The van der Waals surface area contributed by atoms with Crippen LogP contribution in [-0.4, -0.2) is 37.7 Å². The Morgan fingerprint density at radius 2 is 1.86 bits per heavy atom. The quantitative estimate of drug-likeness (QED) is 0.459. The van der Waals surface area contributed by atoms with Gasteiger partial charge in [-0.2, -0.15) is 4.98 Å². The smallest absolute Gasteiger partial charge is 0.224 e. The number of fused-ring (bicyclic) bond motifs is 1. The zero-order valence-electron chi connectivity index (χ0n) is 16.0. The summed E-state index contributed by atoms with van der Waals surface area (Å²) in [6, 6.07) is 14.3. The molecule has 0 unspecified atom stereocenters. The van der Waals surface area contributed by atoms with Crippen LogP contribution in [0.2, 0.25) is 0 Å². The first-order valence-electron chi connectivity index (χ1n) is 9.95. The predicted octanol–water partition coefficient (Wildman–Crippen LogP) is 4.10. The Labute approximate surface area is 168 Å². The van der Waals surface area contributed by atoms with Crippen LogP contribution in [0.1, 0.15) is 25.3 Å². The molecule has 0 radical (unpaired) electrons. The monoisotopic (exact) mass is 386 g/mol. The van der Waals surface area contributed by atoms with Crippen molar-refractivity contribution in [1.29, 1.82) is 0 Å². The second-order valence-corrected chi connectivity index (χ2v) is 7.12. The van der Waals surface area contributed by atoms with E-state index in [0.29, 0.717) is 18.6 Å². The third-order valence-corrected chi connectivity index (χ3v) is 4.90. The second kappa shape index (κ2) is 7.87. The molecule has 7 heteroatoms. The molecule has 0 atom stereocenters. The molecule has 7 nitrogen and oxygen atoms in total. The van der Waals surface area contributed by atoms with Crippen LogP contribution in [0.4, 0.5) is 5.95 Å². The van der Waals surface area contributed by atoms with Crippen molar-refractivity contribution >= 4 is 17.1 Å². The largest absolute Gasteiger partial charge is 0.494 e. The van der Waals surface area contributed by atoms with Gasteiger partial charge in [0.15, 0.2) is 5.65 Å². The average molecular weight is 386 g/mol. The Morgan fingerprint density at radius 1 is 1.03 bits per heavy atom. The summed E-state index contributed by atoms with van der Waals surface area (Å²) in [7, 11) is 0. The molecule has 146 valence electrons. The maximum atomic E-state index is 5.73. The fraction of sp³-hybridized carbons (Fsp3) is 0.273. The topological polar surface area (TPSA) is 77.8 Å². The molecule has 1 N–H and O–H groups in total. The van der Waals surface area contributed by atoms with E-state index in [-0.39, 0.29) is 0 Å². The summed E-state index contributed by atoms with van der Waals surface area (Å²) in [4.78, 5) is 18.1. The van der Waals surface area contributed by atoms with E-state index < -0.39 is 0 Å². The summed E-state index contributed by atoms with van der Waals surface area (Å²) in [5.41, 5.74) is 2.76. The van der Waals surface area contributed by atoms with Gasteiger partial charge in [0.1, 0.15) is 17.1 Å². The SMILES string of the molecule is c1ccc(OCCCNc2ncc3nc(-c4ccncc4)n(C4CC4)c3n2)cc1. The third kappa shape index (κ3) is 3.89. The molecule has 1 aliphatic rings. The minimum Gasteiger partial charge on any atom is -0.494 e. The highest BCUT2D eigenvalue weighted by Crippen LogP contribution is 2.40. The Balaban J connectivity index is 1.29. The van der Waals surface area contributed by atoms with Crippen molar-refractivity contribution in [2.75, 3.05) is 18.5 Å². The third-order valence-electron chi connectivity index (χ3n) is 4.90. The molecule has 5 rings (SSSR count). The molecule has 1 saturated carbocycles. The number of aromatic nitrogens is 5. The standard InChI is InChI=1S/C22H22N6O/c1-2-5-18(6-3-1)29-14-4-11-24-22-25-15-19-21(27-22)28(17-7-8-17)20(26-19)16-9-12-23-13-10-16/h1-3,5-6,9-10,12-13,15,17H,4,7-8,11,14H2,(H,24,25,27). The van der Waals surface area contributed by atoms with Crippen LogP contribution in [0.5, 0.6) is 5.75 Å². The number of hydrogen-bond acceptors (Lipinski definition) is 6. The number of ether oxygens (including phenoxy) is 1. The van der Waals surface area contributed by atoms with Gasteiger partial charge in [-0.05, 0) is 43.5 Å². The zero-order valence-corrected chi connectivity index (χ0v) is 16.0. The van der Waals surface area contributed by atoms with E-state index in [2.05, 4.69) is 19.9 Å². The van der Waals surface area contributed by atoms with Gasteiger partial charge in [0.2, 0.25) is 5.95 Å². The van der Waals surface area contributed by atoms with Crippen LogP contribution in [0.3, 0.4) is 0 Å². The van der Waals surface area contributed by atoms with Crippen molar-refractivity contribution in [3.8, 4) is 17.1 Å². The highest BCUT2D eigenvalue weighted by molar-refractivity contribution is 5.77. The van der Waals surface area contributed by atoms with E-state index in [0.717, 1.165) is 54.1 Å². The highest BCUT2D eigenvalue weighted by atomic mass is 16.5. The fourth-order valence-corrected chi connectivity index (χ4v) is 3.34. The van der Waals surface area contributed by atoms with E-state index in [9.17, 15) is 0 Å². The average Bonchev–Trinajstić information content (AvgIpc) is 3.54. The van der Waals surface area contributed by atoms with Gasteiger partial charge in [0.05, 0.1) is 12.8 Å². The molecule has 1 aliphatic carbocycles. The minimum atomic E-state index is 0.463. The number of pyridine rings is 1. The number of para-hydroxylation sites is 1. The summed E-state index contributed by atoms with van der Waals surface area (Å²) in [6.07, 6.45) is 8.57. The van der Waals surface area contributed by atoms with Crippen LogP contribution in [0.25, 0.3) is 22.6 Å². The Bertz CT molecular complexity index is 1090. The number of rotatable bonds is 8. The normalized spacial score (nSPS) is 13.5. The van der Waals surface area contributed by atoms with Gasteiger partial charge in [-0.1, -0.05) is 18.2 Å². The van der Waals surface area contributed by atoms with Crippen LogP contribution in [0.15, 0.2) is 61.1 Å². The van der Waals surface area contributed by atoms with Crippen molar-refractivity contribution in [1.82, 2.24) is 24.5 Å². The maximum Gasteiger partial charge on any atom is 0.224 e. The number of benzene rings is 1. The molecule has 0 aliphatic heterocycles. The van der Waals surface area contributed by atoms with Gasteiger partial charge in [0, 0.05) is 30.5 Å². The van der Waals surface area contributed by atoms with Crippen LogP contribution in [-0.2, 0) is 0 Å². The molecule has 0 amide bonds. The van der Waals surface area contributed by atoms with Crippen LogP contribution in [0, 0.1) is 0 Å². The lowest BCUT2D eigenvalue weighted by molar-refractivity contribution is 0.315. The predicted molar refractivity (Wildman–Crippen MR) is 112 cm³/mol. The number of hydrogen-bond donors (Lipinski definition) is 1. The first-order chi connectivity index (χ1) is 14.4. The molecule has 3 heterocycles. The summed E-state index contributed by atoms with van der Waals surface area (Å²) in [6.45, 7) is 1.39. The van der Waals surface area contributed by atoms with Crippen molar-refractivity contribution in [3.63, 3.8) is 0 Å². The molecule has 4 aromatic rings. The molecule has 1 aromatic carbocycles. The molecule has 1 fully saturated rings. The molecule has 29 heavy (non-hydrogen) atoms. The second-order valence-electron chi connectivity index (χ2n) is 7.12. The van der Waals surface area contributed by atoms with Gasteiger partial charge in [-0.15, -0.1) is 0 Å². The van der Waals surface area contributed by atoms with Gasteiger partial charge >= 0.3 is 0 Å². The van der Waals surface area contributed by atoms with E-state index in [1.54, 1.807) is 18.6 Å². The Hall–Kier alpha value is -3.48. The molecule has 0 bridgehead atoms. The zero-order chi connectivity index (χ0) is 19.5. The first kappa shape index (κ1) is 17.6. The first-order valence-corrected chi connectivity index (χ1v) is 9.95. The lowest BCUT2D eigenvalue weighted by Crippen LogP contribution is -2.10. The fourth-order valence-electron chi connectivity index (χ4n) is 3.34. The summed E-state index contributed by atoms with van der Waals surface area (Å²) < 4.78 is 7.97. The molecule has 3 aromatic heterocycles. The molecular weight excluding hydrogens is 364 g/mol. The molecular formula is C22H22N6O. The van der Waals surface area contributed by atoms with Gasteiger partial charge < -0.3 is 14.6 Å². The number of anilines is 1. The van der Waals surface area contributed by atoms with Gasteiger partial charge in [-0.25, -0.2) is 9.97 Å². The van der Waals surface area contributed by atoms with Crippen molar-refractivity contribution in [2.24, 2.45) is 0 Å². The summed E-state index contributed by atoms with van der Waals surface area (Å²) in [5.74, 6) is 2.45. The summed E-state index contributed by atoms with van der Waals surface area (Å²) in [5, 5.41) is 3.31. The molecule has 0 spiro atoms. The van der Waals surface area contributed by atoms with Crippen LogP contribution < -0.4 is 10.1 Å². The number of nitrogens with zero attached hydrogens (tertiary/aromatic N) is 5. The van der Waals surface area contributed by atoms with E-state index in [4.69, 9.17) is 14.7 Å². The summed E-state index contributed by atoms with van der Waals surface area (Å²) >= 11 is 0. The lowest BCUT2D eigenvalue weighted by atomic mass is 10.2. The van der Waals surface area contributed by atoms with E-state index in [1.165, 1.54) is 0 Å². The maximum absolute atomic E-state index is 5.73. The van der Waals surface area contributed by atoms with Gasteiger partial charge in [-0.3, -0.25) is 4.98 Å². The minimum absolute atomic E-state index is 0.463. The highest BCUT2D eigenvalue weighted by Gasteiger charge is 2.29. The number of nitrogens with one attached hydrogen (secondary N) is 1. The Morgan fingerprint density at radius 3 is 2.66 bits per heavy atom. The van der Waals surface area contributed by atoms with E-state index >= 15 is 0 Å². The lowest BCUT2D eigenvalue weighted by Gasteiger charge is -2.09. The molecule has 0 saturated heterocycles. The van der Waals surface area contributed by atoms with Crippen LogP contribution >= 0.6 is 0 Å². The van der Waals surface area contributed by atoms with Crippen molar-refractivity contribution in [3.05, 3.63) is 61.1 Å². The number of imidazole rings is 1. The van der Waals surface area contributed by atoms with Crippen molar-refractivity contribution in [2.45, 2.75) is 25.3 Å². The van der Waals surface area contributed by atoms with Crippen molar-refractivity contribution < 1.29 is 4.74 Å². The van der Waals surface area contributed by atoms with Gasteiger partial charge in [0.25, 0.3) is 0 Å².